The van der Waals surface area contributed by atoms with Gasteiger partial charge >= 0.3 is 0 Å². The lowest BCUT2D eigenvalue weighted by Gasteiger charge is -1.94. The number of rotatable bonds is 2. The molecule has 0 aromatic carbocycles. The van der Waals surface area contributed by atoms with Crippen LogP contribution in [-0.4, -0.2) is 4.98 Å². The monoisotopic (exact) mass is 226 g/mol. The summed E-state index contributed by atoms with van der Waals surface area (Å²) in [7, 11) is 0. The second kappa shape index (κ2) is 6.24. The quantitative estimate of drug-likeness (QED) is 0.843. The minimum atomic E-state index is 0. The van der Waals surface area contributed by atoms with Gasteiger partial charge in [0, 0.05) is 5.92 Å². The summed E-state index contributed by atoms with van der Waals surface area (Å²) in [4.78, 5) is 4.23. The number of hydrogen-bond donors (Lipinski definition) is 1. The Morgan fingerprint density at radius 1 is 1.38 bits per heavy atom. The molecule has 0 aliphatic heterocycles. The first-order valence-corrected chi connectivity index (χ1v) is 3.81. The standard InChI is InChI=1S/C8H14N2O.2ClH/c1-5(2)8-10-6(3)7(4-9)11-8;;/h5H,4,9H2,1-3H3;2*1H. The van der Waals surface area contributed by atoms with E-state index in [0.29, 0.717) is 12.5 Å². The van der Waals surface area contributed by atoms with E-state index in [-0.39, 0.29) is 24.8 Å². The predicted molar refractivity (Wildman–Crippen MR) is 57.7 cm³/mol. The van der Waals surface area contributed by atoms with Crippen LogP contribution in [-0.2, 0) is 6.54 Å². The van der Waals surface area contributed by atoms with Crippen LogP contribution in [0.2, 0.25) is 0 Å². The second-order valence-electron chi connectivity index (χ2n) is 2.92. The maximum absolute atomic E-state index is 5.43. The molecule has 78 valence electrons. The average molecular weight is 227 g/mol. The van der Waals surface area contributed by atoms with Gasteiger partial charge in [0.05, 0.1) is 12.2 Å². The zero-order chi connectivity index (χ0) is 8.43. The molecule has 0 radical (unpaired) electrons. The fourth-order valence-electron chi connectivity index (χ4n) is 0.887. The maximum Gasteiger partial charge on any atom is 0.197 e. The highest BCUT2D eigenvalue weighted by Gasteiger charge is 2.10. The molecule has 1 aromatic heterocycles. The zero-order valence-electron chi connectivity index (χ0n) is 8.03. The summed E-state index contributed by atoms with van der Waals surface area (Å²) >= 11 is 0. The summed E-state index contributed by atoms with van der Waals surface area (Å²) in [6, 6.07) is 0. The van der Waals surface area contributed by atoms with Crippen molar-refractivity contribution in [3.8, 4) is 0 Å². The van der Waals surface area contributed by atoms with Crippen LogP contribution in [0, 0.1) is 6.92 Å². The molecule has 0 saturated carbocycles. The molecule has 0 unspecified atom stereocenters. The molecule has 3 nitrogen and oxygen atoms in total. The minimum absolute atomic E-state index is 0. The third-order valence-electron chi connectivity index (χ3n) is 1.59. The lowest BCUT2D eigenvalue weighted by Crippen LogP contribution is -1.95. The van der Waals surface area contributed by atoms with Gasteiger partial charge in [0.1, 0.15) is 5.76 Å². The van der Waals surface area contributed by atoms with E-state index in [1.165, 1.54) is 0 Å². The van der Waals surface area contributed by atoms with E-state index >= 15 is 0 Å². The van der Waals surface area contributed by atoms with Gasteiger partial charge in [-0.25, -0.2) is 4.98 Å². The molecule has 5 heteroatoms. The Bertz CT molecular complexity index is 248. The highest BCUT2D eigenvalue weighted by molar-refractivity contribution is 5.85. The lowest BCUT2D eigenvalue weighted by molar-refractivity contribution is 0.437. The van der Waals surface area contributed by atoms with Gasteiger partial charge in [-0.2, -0.15) is 0 Å². The van der Waals surface area contributed by atoms with Crippen molar-refractivity contribution in [2.45, 2.75) is 33.2 Å². The third kappa shape index (κ3) is 3.55. The number of hydrogen-bond acceptors (Lipinski definition) is 3. The van der Waals surface area contributed by atoms with Crippen LogP contribution in [0.25, 0.3) is 0 Å². The largest absolute Gasteiger partial charge is 0.444 e. The highest BCUT2D eigenvalue weighted by atomic mass is 35.5. The van der Waals surface area contributed by atoms with E-state index in [9.17, 15) is 0 Å². The van der Waals surface area contributed by atoms with Crippen molar-refractivity contribution in [3.05, 3.63) is 17.3 Å². The van der Waals surface area contributed by atoms with Crippen molar-refractivity contribution in [1.29, 1.82) is 0 Å². The Morgan fingerprint density at radius 3 is 2.15 bits per heavy atom. The van der Waals surface area contributed by atoms with Crippen LogP contribution in [0.5, 0.6) is 0 Å². The minimum Gasteiger partial charge on any atom is -0.444 e. The first kappa shape index (κ1) is 15.2. The van der Waals surface area contributed by atoms with Gasteiger partial charge < -0.3 is 10.2 Å². The van der Waals surface area contributed by atoms with Crippen molar-refractivity contribution >= 4 is 24.8 Å². The summed E-state index contributed by atoms with van der Waals surface area (Å²) < 4.78 is 5.39. The van der Waals surface area contributed by atoms with E-state index in [0.717, 1.165) is 17.3 Å². The van der Waals surface area contributed by atoms with Crippen molar-refractivity contribution in [3.63, 3.8) is 0 Å². The van der Waals surface area contributed by atoms with Gasteiger partial charge in [0.25, 0.3) is 0 Å². The molecule has 0 saturated heterocycles. The van der Waals surface area contributed by atoms with E-state index in [1.54, 1.807) is 0 Å². The Hall–Kier alpha value is -0.250. The van der Waals surface area contributed by atoms with Crippen LogP contribution in [0.4, 0.5) is 0 Å². The van der Waals surface area contributed by atoms with Crippen molar-refractivity contribution < 1.29 is 4.42 Å². The van der Waals surface area contributed by atoms with E-state index in [1.807, 2.05) is 20.8 Å². The maximum atomic E-state index is 5.43. The predicted octanol–water partition coefficient (Wildman–Crippen LogP) is 2.41. The second-order valence-corrected chi connectivity index (χ2v) is 2.92. The summed E-state index contributed by atoms with van der Waals surface area (Å²) in [5, 5.41) is 0. The number of nitrogens with zero attached hydrogens (tertiary/aromatic N) is 1. The molecule has 1 heterocycles. The molecular formula is C8H16Cl2N2O. The molecular weight excluding hydrogens is 211 g/mol. The average Bonchev–Trinajstić information content (AvgIpc) is 2.31. The highest BCUT2D eigenvalue weighted by Crippen LogP contribution is 2.16. The third-order valence-corrected chi connectivity index (χ3v) is 1.59. The van der Waals surface area contributed by atoms with Gasteiger partial charge in [-0.15, -0.1) is 24.8 Å². The van der Waals surface area contributed by atoms with Gasteiger partial charge in [-0.05, 0) is 6.92 Å². The van der Waals surface area contributed by atoms with E-state index < -0.39 is 0 Å². The number of nitrogens with two attached hydrogens (primary N) is 1. The van der Waals surface area contributed by atoms with Crippen LogP contribution in [0.15, 0.2) is 4.42 Å². The zero-order valence-corrected chi connectivity index (χ0v) is 9.67. The Balaban J connectivity index is 0. The summed E-state index contributed by atoms with van der Waals surface area (Å²) in [6.45, 7) is 6.44. The molecule has 0 aliphatic rings. The van der Waals surface area contributed by atoms with Crippen LogP contribution < -0.4 is 5.73 Å². The van der Waals surface area contributed by atoms with Gasteiger partial charge in [-0.3, -0.25) is 0 Å². The van der Waals surface area contributed by atoms with E-state index in [4.69, 9.17) is 10.2 Å². The van der Waals surface area contributed by atoms with Gasteiger partial charge in [0.15, 0.2) is 5.89 Å². The molecule has 0 atom stereocenters. The van der Waals surface area contributed by atoms with Crippen LogP contribution in [0.1, 0.15) is 37.1 Å². The summed E-state index contributed by atoms with van der Waals surface area (Å²) in [5.74, 6) is 1.92. The van der Waals surface area contributed by atoms with Crippen LogP contribution >= 0.6 is 24.8 Å². The smallest absolute Gasteiger partial charge is 0.197 e. The molecule has 1 rings (SSSR count). The molecule has 1 aromatic rings. The summed E-state index contributed by atoms with van der Waals surface area (Å²) in [5.41, 5.74) is 6.34. The molecule has 0 amide bonds. The van der Waals surface area contributed by atoms with Crippen molar-refractivity contribution in [2.24, 2.45) is 5.73 Å². The molecule has 0 fully saturated rings. The normalized spacial score (nSPS) is 9.31. The first-order chi connectivity index (χ1) is 5.15. The topological polar surface area (TPSA) is 52.0 Å². The Kier molecular flexibility index (Phi) is 7.31. The number of halogens is 2. The SMILES string of the molecule is Cc1nc(C(C)C)oc1CN.Cl.Cl. The summed E-state index contributed by atoms with van der Waals surface area (Å²) in [6.07, 6.45) is 0. The van der Waals surface area contributed by atoms with E-state index in [2.05, 4.69) is 4.98 Å². The Labute approximate surface area is 90.9 Å². The number of aryl methyl sites for hydroxylation is 1. The molecule has 0 spiro atoms. The lowest BCUT2D eigenvalue weighted by atomic mass is 10.2. The molecule has 0 bridgehead atoms. The number of aromatic nitrogens is 1. The fourth-order valence-corrected chi connectivity index (χ4v) is 0.887. The Morgan fingerprint density at radius 2 is 1.92 bits per heavy atom. The molecule has 2 N–H and O–H groups in total. The fraction of sp³-hybridized carbons (Fsp3) is 0.625. The van der Waals surface area contributed by atoms with Gasteiger partial charge in [-0.1, -0.05) is 13.8 Å². The number of oxazole rings is 1. The molecule has 13 heavy (non-hydrogen) atoms. The molecule has 0 aliphatic carbocycles. The van der Waals surface area contributed by atoms with Gasteiger partial charge in [0.2, 0.25) is 0 Å². The van der Waals surface area contributed by atoms with Crippen LogP contribution in [0.3, 0.4) is 0 Å². The van der Waals surface area contributed by atoms with Crippen molar-refractivity contribution in [2.75, 3.05) is 0 Å². The van der Waals surface area contributed by atoms with Crippen molar-refractivity contribution in [1.82, 2.24) is 4.98 Å². The first-order valence-electron chi connectivity index (χ1n) is 3.81.